The summed E-state index contributed by atoms with van der Waals surface area (Å²) < 4.78 is 59.9. The Hall–Kier alpha value is -3.14. The summed E-state index contributed by atoms with van der Waals surface area (Å²) in [7, 11) is -18.8. The number of nitrogens with one attached hydrogen (secondary N) is 5. The first-order chi connectivity index (χ1) is 28.7. The van der Waals surface area contributed by atoms with Crippen LogP contribution < -0.4 is 26.6 Å². The Kier molecular flexibility index (Phi) is 23.0. The van der Waals surface area contributed by atoms with Gasteiger partial charge >= 0.3 is 30.4 Å². The van der Waals surface area contributed by atoms with Crippen molar-refractivity contribution in [2.45, 2.75) is 32.0 Å². The monoisotopic (exact) mass is 973 g/mol. The summed E-state index contributed by atoms with van der Waals surface area (Å²) >= 11 is 0. The van der Waals surface area contributed by atoms with Crippen LogP contribution >= 0.6 is 30.4 Å². The highest BCUT2D eigenvalue weighted by molar-refractivity contribution is 7.52. The first kappa shape index (κ1) is 55.0. The van der Waals surface area contributed by atoms with Crippen molar-refractivity contribution >= 4 is 59.9 Å². The minimum absolute atomic E-state index is 0.0404. The molecule has 1 saturated heterocycles. The Morgan fingerprint density at radius 1 is 0.597 bits per heavy atom. The van der Waals surface area contributed by atoms with E-state index < -0.39 is 117 Å². The molecule has 0 bridgehead atoms. The maximum atomic E-state index is 13.7. The van der Waals surface area contributed by atoms with Gasteiger partial charge in [0.2, 0.25) is 29.5 Å². The SMILES string of the molecule is O=C(CC[C@H](C(=O)NCP(=O)(O)O)N1CCN(CC(=O)NCP(=O)(O)O)CCN(CC(=O)NCP(=O)(O)O)CCN(CC(=O)NCP(=O)(O)O)CC1)NCc1cn(CC[18F])nn1. The number of halogens is 1. The van der Waals surface area contributed by atoms with E-state index in [1.54, 1.807) is 0 Å². The molecule has 2 rings (SSSR count). The van der Waals surface area contributed by atoms with Crippen LogP contribution in [0.15, 0.2) is 6.20 Å². The van der Waals surface area contributed by atoms with Crippen molar-refractivity contribution in [2.75, 3.05) is 104 Å². The highest BCUT2D eigenvalue weighted by Crippen LogP contribution is 2.33. The summed E-state index contributed by atoms with van der Waals surface area (Å²) in [5, 5.41) is 18.6. The Morgan fingerprint density at radius 3 is 1.37 bits per heavy atom. The lowest BCUT2D eigenvalue weighted by atomic mass is 10.1. The second-order valence-corrected chi connectivity index (χ2v) is 20.6. The highest BCUT2D eigenvalue weighted by Gasteiger charge is 2.31. The third-order valence-electron chi connectivity index (χ3n) is 8.63. The fourth-order valence-corrected chi connectivity index (χ4v) is 7.14. The Morgan fingerprint density at radius 2 is 0.984 bits per heavy atom. The largest absolute Gasteiger partial charge is 0.350 e. The van der Waals surface area contributed by atoms with E-state index in [1.165, 1.54) is 30.5 Å². The average Bonchev–Trinajstić information content (AvgIpc) is 3.60. The van der Waals surface area contributed by atoms with Crippen LogP contribution in [0.25, 0.3) is 0 Å². The second-order valence-electron chi connectivity index (χ2n) is 14.0. The van der Waals surface area contributed by atoms with Gasteiger partial charge in [0.25, 0.3) is 0 Å². The lowest BCUT2D eigenvalue weighted by Crippen LogP contribution is -2.54. The lowest BCUT2D eigenvalue weighted by molar-refractivity contribution is -0.128. The minimum Gasteiger partial charge on any atom is -0.350 e. The molecule has 1 aliphatic rings. The smallest absolute Gasteiger partial charge is 0.344 e. The molecule has 1 aromatic rings. The fourth-order valence-electron chi connectivity index (χ4n) is 5.63. The van der Waals surface area contributed by atoms with E-state index in [9.17, 15) is 85.8 Å². The van der Waals surface area contributed by atoms with Gasteiger partial charge in [-0.25, -0.2) is 9.07 Å². The van der Waals surface area contributed by atoms with E-state index in [0.717, 1.165) is 0 Å². The topological polar surface area (TPSA) is 419 Å². The number of hydrogen-bond donors (Lipinski definition) is 13. The van der Waals surface area contributed by atoms with E-state index in [-0.39, 0.29) is 78.3 Å². The molecule has 62 heavy (non-hydrogen) atoms. The molecule has 13 N–H and O–H groups in total. The molecule has 0 saturated carbocycles. The Labute approximate surface area is 354 Å². The van der Waals surface area contributed by atoms with Crippen molar-refractivity contribution < 1.29 is 85.8 Å². The maximum absolute atomic E-state index is 13.7. The molecule has 1 fully saturated rings. The van der Waals surface area contributed by atoms with Crippen molar-refractivity contribution in [1.82, 2.24) is 61.2 Å². The van der Waals surface area contributed by atoms with Crippen LogP contribution in [0, 0.1) is 0 Å². The predicted molar refractivity (Wildman–Crippen MR) is 212 cm³/mol. The van der Waals surface area contributed by atoms with E-state index >= 15 is 0 Å². The number of rotatable bonds is 23. The minimum atomic E-state index is -4.80. The van der Waals surface area contributed by atoms with Gasteiger partial charge in [0.15, 0.2) is 0 Å². The molecule has 1 aromatic heterocycles. The van der Waals surface area contributed by atoms with Crippen LogP contribution in [-0.4, -0.2) is 213 Å². The molecule has 29 nitrogen and oxygen atoms in total. The van der Waals surface area contributed by atoms with E-state index in [1.807, 2.05) is 0 Å². The maximum Gasteiger partial charge on any atom is 0.344 e. The zero-order valence-electron chi connectivity index (χ0n) is 33.3. The zero-order chi connectivity index (χ0) is 46.7. The van der Waals surface area contributed by atoms with E-state index in [2.05, 4.69) is 36.9 Å². The van der Waals surface area contributed by atoms with Crippen molar-refractivity contribution in [3.63, 3.8) is 0 Å². The molecule has 0 aromatic carbocycles. The fraction of sp³-hybridized carbons (Fsp3) is 0.750. The van der Waals surface area contributed by atoms with Gasteiger partial charge in [-0.05, 0) is 6.42 Å². The lowest BCUT2D eigenvalue weighted by Gasteiger charge is -2.36. The van der Waals surface area contributed by atoms with Gasteiger partial charge in [0.1, 0.15) is 37.5 Å². The molecule has 0 aliphatic carbocycles. The van der Waals surface area contributed by atoms with Crippen LogP contribution in [0.2, 0.25) is 0 Å². The molecule has 0 unspecified atom stereocenters. The third-order valence-corrected chi connectivity index (χ3v) is 10.9. The van der Waals surface area contributed by atoms with Crippen molar-refractivity contribution in [2.24, 2.45) is 0 Å². The molecule has 34 heteroatoms. The van der Waals surface area contributed by atoms with Crippen molar-refractivity contribution in [1.29, 1.82) is 0 Å². The molecule has 1 aliphatic heterocycles. The molecule has 1 atom stereocenters. The van der Waals surface area contributed by atoms with Crippen LogP contribution in [0.5, 0.6) is 0 Å². The first-order valence-corrected chi connectivity index (χ1v) is 25.8. The van der Waals surface area contributed by atoms with Crippen LogP contribution in [-0.2, 0) is 55.3 Å². The van der Waals surface area contributed by atoms with Crippen LogP contribution in [0.3, 0.4) is 0 Å². The summed E-state index contributed by atoms with van der Waals surface area (Å²) in [6, 6.07) is -1.31. The normalized spacial score (nSPS) is 16.7. The molecular weight excluding hydrogens is 918 g/mol. The van der Waals surface area contributed by atoms with Gasteiger partial charge in [-0.3, -0.25) is 61.8 Å². The van der Waals surface area contributed by atoms with Gasteiger partial charge in [-0.15, -0.1) is 5.10 Å². The number of nitrogens with zero attached hydrogens (tertiary/aromatic N) is 7. The number of hydrogen-bond acceptors (Lipinski definition) is 15. The molecule has 5 amide bonds. The van der Waals surface area contributed by atoms with E-state index in [4.69, 9.17) is 0 Å². The Bertz CT molecular complexity index is 1790. The second kappa shape index (κ2) is 26.0. The van der Waals surface area contributed by atoms with Gasteiger partial charge < -0.3 is 65.7 Å². The summed E-state index contributed by atoms with van der Waals surface area (Å²) in [6.45, 7) is -2.98. The Balaban J connectivity index is 2.47. The van der Waals surface area contributed by atoms with Crippen molar-refractivity contribution in [3.05, 3.63) is 11.9 Å². The molecule has 0 spiro atoms. The number of aryl methyl sites for hydroxylation is 1. The number of aromatic nitrogens is 3. The van der Waals surface area contributed by atoms with Gasteiger partial charge in [0.05, 0.1) is 45.0 Å². The summed E-state index contributed by atoms with van der Waals surface area (Å²) in [4.78, 5) is 146. The molecular formula is C28H55FN12O17P4. The average molecular weight is 974 g/mol. The van der Waals surface area contributed by atoms with E-state index in [0.29, 0.717) is 5.69 Å². The number of carbonyl (C=O) groups excluding carboxylic acids is 5. The number of alkyl halides is 1. The zero-order valence-corrected chi connectivity index (χ0v) is 36.9. The van der Waals surface area contributed by atoms with Crippen molar-refractivity contribution in [3.8, 4) is 0 Å². The summed E-state index contributed by atoms with van der Waals surface area (Å²) in [6.07, 6.45) is -3.23. The van der Waals surface area contributed by atoms with Gasteiger partial charge in [0, 0.05) is 58.8 Å². The van der Waals surface area contributed by atoms with Crippen LogP contribution in [0.1, 0.15) is 18.5 Å². The highest BCUT2D eigenvalue weighted by atomic mass is 31.2. The quantitative estimate of drug-likeness (QED) is 0.0454. The predicted octanol–water partition coefficient (Wildman–Crippen LogP) is -5.76. The van der Waals surface area contributed by atoms with Gasteiger partial charge in [-0.1, -0.05) is 5.21 Å². The third kappa shape index (κ3) is 25.8. The number of amides is 5. The first-order valence-electron chi connectivity index (χ1n) is 18.6. The number of carbonyl (C=O) groups is 5. The van der Waals surface area contributed by atoms with Crippen LogP contribution in [0.4, 0.5) is 4.39 Å². The molecule has 0 radical (unpaired) electrons. The standard InChI is InChI=1S/C28H55FN12O17P4/c29-3-4-41-14-22(35-36-41)13-30-24(42)2-1-23(28(46)34-21-62(56,57)58)40-11-9-38(16-26(44)32-19-60(50,51)52)7-5-37(15-25(43)31-18-59(47,48)49)6-8-39(10-12-40)17-27(45)33-20-61(53,54)55/h14,23H,1-13,15-21H2,(H,30,42)(H,31,43)(H,32,44)(H,33,45)(H,34,46)(H2,47,48,49)(H2,50,51,52)(H2,53,54,55)(H2,56,57,58)/t23-/m1/s1/i29-1. The summed E-state index contributed by atoms with van der Waals surface area (Å²) in [5.74, 6) is -3.99. The molecule has 2 heterocycles. The van der Waals surface area contributed by atoms with Gasteiger partial charge in [-0.2, -0.15) is 0 Å². The summed E-state index contributed by atoms with van der Waals surface area (Å²) in [5.41, 5.74) is 0.293. The molecule has 356 valence electrons.